The van der Waals surface area contributed by atoms with Crippen LogP contribution in [-0.2, 0) is 17.8 Å². The Hall–Kier alpha value is -8.14. The summed E-state index contributed by atoms with van der Waals surface area (Å²) in [5.74, 6) is -1.56. The van der Waals surface area contributed by atoms with E-state index in [9.17, 15) is 19.2 Å². The zero-order chi connectivity index (χ0) is 42.6. The van der Waals surface area contributed by atoms with Gasteiger partial charge in [-0.25, -0.2) is 24.1 Å². The predicted octanol–water partition coefficient (Wildman–Crippen LogP) is 6.57. The van der Waals surface area contributed by atoms with Crippen molar-refractivity contribution < 1.29 is 23.9 Å². The van der Waals surface area contributed by atoms with Crippen molar-refractivity contribution in [1.82, 2.24) is 45.3 Å². The Morgan fingerprint density at radius 1 is 0.574 bits per heavy atom. The van der Waals surface area contributed by atoms with Crippen LogP contribution in [0.2, 0.25) is 0 Å². The van der Waals surface area contributed by atoms with Crippen LogP contribution in [0.3, 0.4) is 0 Å². The Balaban J connectivity index is 0.000000185. The smallest absolute Gasteiger partial charge is 0.358 e. The summed E-state index contributed by atoms with van der Waals surface area (Å²) in [6.07, 6.45) is 11.7. The SMILES string of the molecule is CCCCNC(=O)c1ncccc1NC(=O)c1ccc(Cn2ccnn2)c2ccccc12.COC(=O)c1ncccc1NC(=O)c1ccc(Cn2ccnn2)c2ccccc12. The lowest BCUT2D eigenvalue weighted by atomic mass is 9.99. The maximum atomic E-state index is 13.2. The third-order valence-corrected chi connectivity index (χ3v) is 9.65. The highest BCUT2D eigenvalue weighted by Crippen LogP contribution is 2.27. The molecule has 8 rings (SSSR count). The lowest BCUT2D eigenvalue weighted by Crippen LogP contribution is -2.27. The molecule has 16 heteroatoms. The Morgan fingerprint density at radius 3 is 1.54 bits per heavy atom. The molecular weight excluding hydrogens is 775 g/mol. The molecule has 0 fully saturated rings. The number of amides is 3. The number of hydrogen-bond acceptors (Lipinski definition) is 11. The molecule has 306 valence electrons. The molecule has 16 nitrogen and oxygen atoms in total. The van der Waals surface area contributed by atoms with Crippen LogP contribution in [0.1, 0.15) is 72.6 Å². The summed E-state index contributed by atoms with van der Waals surface area (Å²) >= 11 is 0. The number of benzene rings is 4. The van der Waals surface area contributed by atoms with Gasteiger partial charge in [0.25, 0.3) is 17.7 Å². The molecule has 4 heterocycles. The van der Waals surface area contributed by atoms with E-state index in [1.165, 1.54) is 13.3 Å². The molecule has 0 atom stereocenters. The molecule has 0 aliphatic rings. The second-order valence-electron chi connectivity index (χ2n) is 13.6. The van der Waals surface area contributed by atoms with Crippen molar-refractivity contribution in [2.24, 2.45) is 0 Å². The van der Waals surface area contributed by atoms with E-state index in [4.69, 9.17) is 4.74 Å². The van der Waals surface area contributed by atoms with E-state index in [0.717, 1.165) is 45.5 Å². The molecule has 0 radical (unpaired) electrons. The summed E-state index contributed by atoms with van der Waals surface area (Å²) in [5.41, 5.74) is 3.97. The fourth-order valence-corrected chi connectivity index (χ4v) is 6.67. The van der Waals surface area contributed by atoms with Crippen molar-refractivity contribution >= 4 is 56.6 Å². The van der Waals surface area contributed by atoms with Gasteiger partial charge in [-0.05, 0) is 75.5 Å². The number of methoxy groups -OCH3 is 1. The number of nitrogens with one attached hydrogen (secondary N) is 3. The van der Waals surface area contributed by atoms with E-state index >= 15 is 0 Å². The van der Waals surface area contributed by atoms with Crippen molar-refractivity contribution in [1.29, 1.82) is 0 Å². The first-order chi connectivity index (χ1) is 29.8. The molecule has 0 saturated heterocycles. The average molecular weight is 816 g/mol. The number of carbonyl (C=O) groups excluding carboxylic acids is 4. The van der Waals surface area contributed by atoms with Crippen LogP contribution in [0, 0.1) is 0 Å². The first kappa shape index (κ1) is 41.0. The second-order valence-corrected chi connectivity index (χ2v) is 13.6. The number of fused-ring (bicyclic) bond motifs is 2. The number of aromatic nitrogens is 8. The quantitative estimate of drug-likeness (QED) is 0.0840. The fourth-order valence-electron chi connectivity index (χ4n) is 6.67. The van der Waals surface area contributed by atoms with Crippen LogP contribution in [0.15, 0.2) is 134 Å². The van der Waals surface area contributed by atoms with Crippen LogP contribution < -0.4 is 16.0 Å². The molecule has 4 aromatic heterocycles. The van der Waals surface area contributed by atoms with Gasteiger partial charge in [0.2, 0.25) is 0 Å². The van der Waals surface area contributed by atoms with Crippen LogP contribution in [-0.4, -0.2) is 77.3 Å². The third-order valence-electron chi connectivity index (χ3n) is 9.65. The molecule has 0 aliphatic carbocycles. The number of hydrogen-bond donors (Lipinski definition) is 3. The molecule has 3 amide bonds. The molecule has 4 aromatic carbocycles. The molecule has 0 spiro atoms. The summed E-state index contributed by atoms with van der Waals surface area (Å²) in [4.78, 5) is 58.8. The highest BCUT2D eigenvalue weighted by Gasteiger charge is 2.20. The molecule has 0 saturated carbocycles. The van der Waals surface area contributed by atoms with Gasteiger partial charge < -0.3 is 20.7 Å². The highest BCUT2D eigenvalue weighted by molar-refractivity contribution is 6.16. The average Bonchev–Trinajstić information content (AvgIpc) is 4.02. The van der Waals surface area contributed by atoms with Crippen molar-refractivity contribution in [3.05, 3.63) is 168 Å². The molecule has 61 heavy (non-hydrogen) atoms. The third kappa shape index (κ3) is 9.77. The van der Waals surface area contributed by atoms with E-state index in [1.54, 1.807) is 76.7 Å². The van der Waals surface area contributed by atoms with Gasteiger partial charge in [-0.3, -0.25) is 14.4 Å². The lowest BCUT2D eigenvalue weighted by Gasteiger charge is -2.13. The van der Waals surface area contributed by atoms with E-state index in [1.807, 2.05) is 60.7 Å². The van der Waals surface area contributed by atoms with Gasteiger partial charge in [0, 0.05) is 42.5 Å². The van der Waals surface area contributed by atoms with Crippen molar-refractivity contribution in [3.63, 3.8) is 0 Å². The summed E-state index contributed by atoms with van der Waals surface area (Å²) in [6.45, 7) is 3.71. The minimum atomic E-state index is -0.617. The molecule has 8 aromatic rings. The largest absolute Gasteiger partial charge is 0.464 e. The summed E-state index contributed by atoms with van der Waals surface area (Å²) in [7, 11) is 1.27. The topological polar surface area (TPSA) is 201 Å². The molecule has 0 unspecified atom stereocenters. The maximum absolute atomic E-state index is 13.2. The molecule has 3 N–H and O–H groups in total. The van der Waals surface area contributed by atoms with Gasteiger partial charge >= 0.3 is 5.97 Å². The van der Waals surface area contributed by atoms with Crippen molar-refractivity contribution in [2.45, 2.75) is 32.9 Å². The standard InChI is InChI=1S/C24H24N6O2.C21H17N5O3/c1-2-3-12-26-24(32)22-21(9-6-13-25-22)28-23(31)20-11-10-17(16-30-15-14-27-29-30)18-7-4-5-8-19(18)20;1-29-21(28)19-18(7-4-10-22-19)24-20(27)17-9-8-14(13-26-12-11-23-25-26)15-5-2-3-6-16(15)17/h4-11,13-15H,2-3,12,16H2,1H3,(H,26,32)(H,28,31);2-12H,13H2,1H3,(H,24,27). The van der Waals surface area contributed by atoms with E-state index in [2.05, 4.69) is 53.5 Å². The van der Waals surface area contributed by atoms with Crippen LogP contribution in [0.4, 0.5) is 11.4 Å². The Morgan fingerprint density at radius 2 is 1.07 bits per heavy atom. The maximum Gasteiger partial charge on any atom is 0.358 e. The van der Waals surface area contributed by atoms with Crippen LogP contribution >= 0.6 is 0 Å². The van der Waals surface area contributed by atoms with E-state index < -0.39 is 5.97 Å². The highest BCUT2D eigenvalue weighted by atomic mass is 16.5. The fraction of sp³-hybridized carbons (Fsp3) is 0.156. The number of pyridine rings is 2. The first-order valence-electron chi connectivity index (χ1n) is 19.4. The number of esters is 1. The number of anilines is 2. The first-order valence-corrected chi connectivity index (χ1v) is 19.4. The number of rotatable bonds is 13. The van der Waals surface area contributed by atoms with Gasteiger partial charge in [-0.15, -0.1) is 10.2 Å². The van der Waals surface area contributed by atoms with Crippen LogP contribution in [0.25, 0.3) is 21.5 Å². The molecular formula is C45H41N11O5. The Kier molecular flexibility index (Phi) is 13.1. The van der Waals surface area contributed by atoms with Crippen molar-refractivity contribution in [2.75, 3.05) is 24.3 Å². The molecule has 0 bridgehead atoms. The predicted molar refractivity (Wildman–Crippen MR) is 229 cm³/mol. The second kappa shape index (κ2) is 19.5. The minimum Gasteiger partial charge on any atom is -0.464 e. The number of unbranched alkanes of at least 4 members (excludes halogenated alkanes) is 1. The number of ether oxygens (including phenoxy) is 1. The normalized spacial score (nSPS) is 10.7. The monoisotopic (exact) mass is 815 g/mol. The van der Waals surface area contributed by atoms with Gasteiger partial charge in [0.15, 0.2) is 11.4 Å². The zero-order valence-electron chi connectivity index (χ0n) is 33.4. The van der Waals surface area contributed by atoms with Gasteiger partial charge in [0.05, 0.1) is 44.0 Å². The number of carbonyl (C=O) groups is 4. The van der Waals surface area contributed by atoms with Crippen molar-refractivity contribution in [3.8, 4) is 0 Å². The van der Waals surface area contributed by atoms with Gasteiger partial charge in [-0.2, -0.15) is 0 Å². The summed E-state index contributed by atoms with van der Waals surface area (Å²) < 4.78 is 8.19. The minimum absolute atomic E-state index is 0.0513. The summed E-state index contributed by atoms with van der Waals surface area (Å²) in [6, 6.07) is 29.4. The zero-order valence-corrected chi connectivity index (χ0v) is 33.4. The number of nitrogens with zero attached hydrogens (tertiary/aromatic N) is 8. The Labute approximate surface area is 350 Å². The van der Waals surface area contributed by atoms with Crippen LogP contribution in [0.5, 0.6) is 0 Å². The van der Waals surface area contributed by atoms with E-state index in [-0.39, 0.29) is 29.1 Å². The summed E-state index contributed by atoms with van der Waals surface area (Å²) in [5, 5.41) is 27.7. The Bertz CT molecular complexity index is 2810. The van der Waals surface area contributed by atoms with E-state index in [0.29, 0.717) is 42.1 Å². The van der Waals surface area contributed by atoms with Gasteiger partial charge in [0.1, 0.15) is 0 Å². The lowest BCUT2D eigenvalue weighted by molar-refractivity contribution is 0.0595. The van der Waals surface area contributed by atoms with Gasteiger partial charge in [-0.1, -0.05) is 84.4 Å². The molecule has 0 aliphatic heterocycles.